The number of halogens is 2. The van der Waals surface area contributed by atoms with E-state index in [1.807, 2.05) is 6.92 Å². The minimum absolute atomic E-state index is 0.0124. The summed E-state index contributed by atoms with van der Waals surface area (Å²) >= 11 is -3.33. The van der Waals surface area contributed by atoms with E-state index < -0.39 is 36.6 Å². The Labute approximate surface area is 124 Å². The van der Waals surface area contributed by atoms with Gasteiger partial charge in [0.25, 0.3) is 0 Å². The Morgan fingerprint density at radius 3 is 2.15 bits per heavy atom. The Balaban J connectivity index is 2.19. The van der Waals surface area contributed by atoms with Crippen molar-refractivity contribution in [3.05, 3.63) is 63.5 Å². The monoisotopic (exact) mass is 410 g/mol. The third-order valence-electron chi connectivity index (χ3n) is 2.44. The van der Waals surface area contributed by atoms with Crippen LogP contribution in [0.15, 0.2) is 53.4 Å². The first-order valence-electron chi connectivity index (χ1n) is 5.55. The molecule has 0 bridgehead atoms. The zero-order valence-corrected chi connectivity index (χ0v) is 13.4. The van der Waals surface area contributed by atoms with Gasteiger partial charge in [0, 0.05) is 0 Å². The van der Waals surface area contributed by atoms with Gasteiger partial charge >= 0.3 is 125 Å². The van der Waals surface area contributed by atoms with Gasteiger partial charge in [0.2, 0.25) is 0 Å². The van der Waals surface area contributed by atoms with Crippen molar-refractivity contribution < 1.29 is 18.8 Å². The van der Waals surface area contributed by atoms with Crippen LogP contribution < -0.4 is 0 Å². The van der Waals surface area contributed by atoms with Crippen LogP contribution >= 0.6 is 20.6 Å². The molecule has 0 unspecified atom stereocenters. The molecule has 0 aliphatic carbocycles. The molecule has 0 aliphatic rings. The van der Waals surface area contributed by atoms with Gasteiger partial charge in [-0.15, -0.1) is 0 Å². The van der Waals surface area contributed by atoms with Crippen LogP contribution in [0.4, 0.5) is 4.39 Å². The van der Waals surface area contributed by atoms with Crippen molar-refractivity contribution in [3.8, 4) is 0 Å². The van der Waals surface area contributed by atoms with Gasteiger partial charge in [-0.3, -0.25) is 0 Å². The normalized spacial score (nSPS) is 12.2. The number of rotatable bonds is 4. The molecule has 0 radical (unpaired) electrons. The standard InChI is InChI=1S/C13H12FIO4S/c1-10-2-8-13(9-3-10)20(17,18)19-15(16)12-6-4-11(14)5-7-12/h2-9,16H,1H3. The molecule has 2 rings (SSSR count). The summed E-state index contributed by atoms with van der Waals surface area (Å²) in [5.41, 5.74) is 0.918. The first-order chi connectivity index (χ1) is 9.38. The van der Waals surface area contributed by atoms with E-state index in [2.05, 4.69) is 0 Å². The summed E-state index contributed by atoms with van der Waals surface area (Å²) in [6.07, 6.45) is 0. The van der Waals surface area contributed by atoms with Crippen LogP contribution in [0.1, 0.15) is 5.56 Å². The van der Waals surface area contributed by atoms with Crippen LogP contribution in [0.3, 0.4) is 0 Å². The number of hydrogen-bond donors (Lipinski definition) is 1. The Bertz CT molecular complexity index is 683. The molecule has 0 atom stereocenters. The third kappa shape index (κ3) is 3.75. The zero-order valence-electron chi connectivity index (χ0n) is 10.5. The molecule has 7 heteroatoms. The Hall–Kier alpha value is -1.03. The topological polar surface area (TPSA) is 63.6 Å². The molecule has 0 saturated heterocycles. The van der Waals surface area contributed by atoms with Crippen LogP contribution in [0, 0.1) is 16.3 Å². The fraction of sp³-hybridized carbons (Fsp3) is 0.0769. The summed E-state index contributed by atoms with van der Waals surface area (Å²) in [5.74, 6) is -0.459. The molecule has 0 aliphatic heterocycles. The molecule has 20 heavy (non-hydrogen) atoms. The predicted octanol–water partition coefficient (Wildman–Crippen LogP) is 3.04. The maximum atomic E-state index is 12.8. The first-order valence-corrected chi connectivity index (χ1v) is 9.88. The van der Waals surface area contributed by atoms with Crippen LogP contribution in [-0.4, -0.2) is 11.9 Å². The van der Waals surface area contributed by atoms with Gasteiger partial charge in [-0.25, -0.2) is 0 Å². The SMILES string of the molecule is Cc1ccc(S(=O)(=O)OI(O)c2ccc(F)cc2)cc1. The van der Waals surface area contributed by atoms with E-state index in [0.29, 0.717) is 3.57 Å². The van der Waals surface area contributed by atoms with Crippen molar-refractivity contribution in [2.75, 3.05) is 0 Å². The summed E-state index contributed by atoms with van der Waals surface area (Å²) in [4.78, 5) is -0.0124. The van der Waals surface area contributed by atoms with Crippen molar-refractivity contribution in [2.45, 2.75) is 11.8 Å². The van der Waals surface area contributed by atoms with E-state index >= 15 is 0 Å². The van der Waals surface area contributed by atoms with Gasteiger partial charge in [-0.2, -0.15) is 0 Å². The Kier molecular flexibility index (Phi) is 4.74. The molecule has 0 saturated carbocycles. The van der Waals surface area contributed by atoms with E-state index in [9.17, 15) is 16.2 Å². The molecule has 0 aromatic heterocycles. The first kappa shape index (κ1) is 15.4. The molecule has 2 aromatic carbocycles. The number of hydrogen-bond acceptors (Lipinski definition) is 4. The van der Waals surface area contributed by atoms with Gasteiger partial charge in [0.15, 0.2) is 0 Å². The summed E-state index contributed by atoms with van der Waals surface area (Å²) in [6, 6.07) is 11.1. The molecule has 0 fully saturated rings. The molecule has 0 amide bonds. The summed E-state index contributed by atoms with van der Waals surface area (Å²) in [7, 11) is -4.01. The number of aryl methyl sites for hydroxylation is 1. The fourth-order valence-corrected chi connectivity index (χ4v) is 5.73. The van der Waals surface area contributed by atoms with E-state index in [1.54, 1.807) is 12.1 Å². The second-order valence-corrected chi connectivity index (χ2v) is 9.14. The van der Waals surface area contributed by atoms with E-state index in [-0.39, 0.29) is 4.90 Å². The van der Waals surface area contributed by atoms with Gasteiger partial charge in [0.1, 0.15) is 0 Å². The Morgan fingerprint density at radius 1 is 1.05 bits per heavy atom. The van der Waals surface area contributed by atoms with Crippen molar-refractivity contribution in [1.82, 2.24) is 0 Å². The van der Waals surface area contributed by atoms with E-state index in [4.69, 9.17) is 2.51 Å². The van der Waals surface area contributed by atoms with Crippen LogP contribution in [0.25, 0.3) is 0 Å². The van der Waals surface area contributed by atoms with Gasteiger partial charge in [-0.1, -0.05) is 0 Å². The average Bonchev–Trinajstić information content (AvgIpc) is 2.39. The molecule has 2 aromatic rings. The molecular weight excluding hydrogens is 398 g/mol. The third-order valence-corrected chi connectivity index (χ3v) is 7.80. The van der Waals surface area contributed by atoms with Crippen molar-refractivity contribution >= 4 is 30.8 Å². The quantitative estimate of drug-likeness (QED) is 0.788. The van der Waals surface area contributed by atoms with Crippen LogP contribution in [0.5, 0.6) is 0 Å². The molecule has 1 N–H and O–H groups in total. The summed E-state index contributed by atoms with van der Waals surface area (Å²) < 4.78 is 51.8. The molecule has 108 valence electrons. The minimum atomic E-state index is -4.01. The number of benzene rings is 2. The Morgan fingerprint density at radius 2 is 1.60 bits per heavy atom. The van der Waals surface area contributed by atoms with Crippen molar-refractivity contribution in [3.63, 3.8) is 0 Å². The summed E-state index contributed by atoms with van der Waals surface area (Å²) in [5, 5.41) is 0. The second-order valence-electron chi connectivity index (χ2n) is 4.00. The maximum absolute atomic E-state index is 12.8. The van der Waals surface area contributed by atoms with Gasteiger partial charge in [0.05, 0.1) is 0 Å². The van der Waals surface area contributed by atoms with Crippen molar-refractivity contribution in [2.24, 2.45) is 0 Å². The molecule has 0 heterocycles. The van der Waals surface area contributed by atoms with E-state index in [1.165, 1.54) is 24.3 Å². The zero-order chi connectivity index (χ0) is 14.8. The average molecular weight is 410 g/mol. The second kappa shape index (κ2) is 6.17. The van der Waals surface area contributed by atoms with Crippen LogP contribution in [0.2, 0.25) is 0 Å². The predicted molar refractivity (Wildman–Crippen MR) is 80.8 cm³/mol. The van der Waals surface area contributed by atoms with Crippen molar-refractivity contribution in [1.29, 1.82) is 0 Å². The van der Waals surface area contributed by atoms with Gasteiger partial charge < -0.3 is 0 Å². The fourth-order valence-electron chi connectivity index (χ4n) is 1.39. The molecule has 4 nitrogen and oxygen atoms in total. The summed E-state index contributed by atoms with van der Waals surface area (Å²) in [6.45, 7) is 1.83. The van der Waals surface area contributed by atoms with Crippen LogP contribution in [-0.2, 0) is 12.6 Å². The van der Waals surface area contributed by atoms with E-state index in [0.717, 1.165) is 17.7 Å². The molecule has 0 spiro atoms. The van der Waals surface area contributed by atoms with Gasteiger partial charge in [-0.05, 0) is 0 Å². The molecular formula is C13H12FIO4S.